The van der Waals surface area contributed by atoms with E-state index in [1.165, 1.54) is 32.7 Å². The van der Waals surface area contributed by atoms with E-state index in [9.17, 15) is 5.11 Å². The van der Waals surface area contributed by atoms with E-state index in [-0.39, 0.29) is 0 Å². The molecule has 0 amide bonds. The minimum absolute atomic E-state index is 0.428. The molecular formula is C38H36BNO2. The molecule has 0 bridgehead atoms. The molecule has 0 fully saturated rings. The molecule has 4 heteroatoms. The van der Waals surface area contributed by atoms with Crippen LogP contribution in [0.15, 0.2) is 133 Å². The number of anilines is 3. The van der Waals surface area contributed by atoms with Gasteiger partial charge in [0.1, 0.15) is 0 Å². The van der Waals surface area contributed by atoms with Crippen molar-refractivity contribution in [1.82, 2.24) is 0 Å². The van der Waals surface area contributed by atoms with Crippen LogP contribution in [-0.2, 0) is 4.65 Å². The van der Waals surface area contributed by atoms with E-state index in [1.807, 2.05) is 19.9 Å². The lowest BCUT2D eigenvalue weighted by atomic mass is 9.82. The van der Waals surface area contributed by atoms with Crippen molar-refractivity contribution >= 4 is 51.6 Å². The number of para-hydroxylation sites is 1. The fourth-order valence-corrected chi connectivity index (χ4v) is 5.29. The van der Waals surface area contributed by atoms with Crippen LogP contribution in [0.5, 0.6) is 0 Å². The summed E-state index contributed by atoms with van der Waals surface area (Å²) in [6.45, 7) is 7.40. The highest BCUT2D eigenvalue weighted by Crippen LogP contribution is 2.38. The van der Waals surface area contributed by atoms with Crippen LogP contribution in [0.1, 0.15) is 27.7 Å². The number of hydrogen-bond donors (Lipinski definition) is 1. The average Bonchev–Trinajstić information content (AvgIpc) is 3.01. The second kappa shape index (κ2) is 11.1. The van der Waals surface area contributed by atoms with Gasteiger partial charge in [-0.1, -0.05) is 96.5 Å². The lowest BCUT2D eigenvalue weighted by Gasteiger charge is -2.37. The molecule has 208 valence electrons. The quantitative estimate of drug-likeness (QED) is 0.152. The van der Waals surface area contributed by atoms with Crippen molar-refractivity contribution in [2.45, 2.75) is 38.9 Å². The number of hydrogen-bond acceptors (Lipinski definition) is 3. The molecule has 0 saturated carbocycles. The Morgan fingerprint density at radius 3 is 1.74 bits per heavy atom. The van der Waals surface area contributed by atoms with Crippen LogP contribution in [0.4, 0.5) is 17.1 Å². The Bertz CT molecular complexity index is 1820. The van der Waals surface area contributed by atoms with Gasteiger partial charge in [0.25, 0.3) is 0 Å². The van der Waals surface area contributed by atoms with E-state index in [0.29, 0.717) is 7.48 Å². The zero-order valence-electron chi connectivity index (χ0n) is 24.7. The molecule has 6 aromatic rings. The van der Waals surface area contributed by atoms with Crippen molar-refractivity contribution in [3.8, 4) is 11.1 Å². The first-order chi connectivity index (χ1) is 20.2. The van der Waals surface area contributed by atoms with Crippen molar-refractivity contribution in [2.24, 2.45) is 0 Å². The second-order valence-corrected chi connectivity index (χ2v) is 11.9. The third-order valence-electron chi connectivity index (χ3n) is 8.49. The Balaban J connectivity index is 1.34. The Kier molecular flexibility index (Phi) is 7.36. The molecule has 3 nitrogen and oxygen atoms in total. The third-order valence-corrected chi connectivity index (χ3v) is 8.49. The molecule has 0 aliphatic carbocycles. The molecule has 0 unspecified atom stereocenters. The van der Waals surface area contributed by atoms with Gasteiger partial charge < -0.3 is 14.7 Å². The summed E-state index contributed by atoms with van der Waals surface area (Å²) >= 11 is 0. The third kappa shape index (κ3) is 5.44. The lowest BCUT2D eigenvalue weighted by molar-refractivity contribution is -0.0893. The Morgan fingerprint density at radius 1 is 0.571 bits per heavy atom. The van der Waals surface area contributed by atoms with Crippen LogP contribution >= 0.6 is 0 Å². The van der Waals surface area contributed by atoms with E-state index < -0.39 is 11.2 Å². The summed E-state index contributed by atoms with van der Waals surface area (Å²) in [5.41, 5.74) is 5.12. The van der Waals surface area contributed by atoms with Gasteiger partial charge in [0.05, 0.1) is 11.2 Å². The molecule has 42 heavy (non-hydrogen) atoms. The SMILES string of the molecule is CC(C)(O)C(C)(C)OBc1ccc(N(c2ccccc2)c2ccc(-c3cc4ccccc4c4ccccc34)cc2)cc1. The molecule has 0 radical (unpaired) electrons. The fourth-order valence-electron chi connectivity index (χ4n) is 5.29. The van der Waals surface area contributed by atoms with Crippen LogP contribution < -0.4 is 10.4 Å². The van der Waals surface area contributed by atoms with Crippen LogP contribution in [0.25, 0.3) is 32.7 Å². The van der Waals surface area contributed by atoms with E-state index >= 15 is 0 Å². The van der Waals surface area contributed by atoms with Gasteiger partial charge in [0.2, 0.25) is 0 Å². The van der Waals surface area contributed by atoms with Gasteiger partial charge in [-0.3, -0.25) is 0 Å². The maximum absolute atomic E-state index is 10.5. The van der Waals surface area contributed by atoms with Gasteiger partial charge in [-0.2, -0.15) is 0 Å². The minimum atomic E-state index is -0.942. The van der Waals surface area contributed by atoms with Gasteiger partial charge in [0, 0.05) is 17.1 Å². The maximum atomic E-state index is 10.5. The first-order valence-corrected chi connectivity index (χ1v) is 14.5. The highest BCUT2D eigenvalue weighted by Gasteiger charge is 2.35. The van der Waals surface area contributed by atoms with Crippen LogP contribution in [-0.4, -0.2) is 23.8 Å². The van der Waals surface area contributed by atoms with Crippen LogP contribution in [0.2, 0.25) is 0 Å². The van der Waals surface area contributed by atoms with Crippen molar-refractivity contribution in [3.63, 3.8) is 0 Å². The molecule has 0 atom stereocenters. The average molecular weight is 550 g/mol. The predicted molar refractivity (Wildman–Crippen MR) is 180 cm³/mol. The monoisotopic (exact) mass is 549 g/mol. The van der Waals surface area contributed by atoms with Gasteiger partial charge in [-0.05, 0) is 103 Å². The first-order valence-electron chi connectivity index (χ1n) is 14.5. The van der Waals surface area contributed by atoms with E-state index in [4.69, 9.17) is 4.65 Å². The lowest BCUT2D eigenvalue weighted by Crippen LogP contribution is -2.49. The number of nitrogens with zero attached hydrogens (tertiary/aromatic N) is 1. The number of benzene rings is 6. The van der Waals surface area contributed by atoms with Gasteiger partial charge in [-0.25, -0.2) is 0 Å². The number of aliphatic hydroxyl groups is 1. The van der Waals surface area contributed by atoms with E-state index in [0.717, 1.165) is 22.5 Å². The van der Waals surface area contributed by atoms with Crippen LogP contribution in [0.3, 0.4) is 0 Å². The first kappa shape index (κ1) is 27.8. The van der Waals surface area contributed by atoms with Crippen LogP contribution in [0, 0.1) is 0 Å². The summed E-state index contributed by atoms with van der Waals surface area (Å²) in [7, 11) is 0.428. The molecule has 0 aliphatic heterocycles. The molecule has 0 saturated heterocycles. The Hall–Kier alpha value is -4.38. The molecule has 0 spiro atoms. The highest BCUT2D eigenvalue weighted by atomic mass is 16.5. The minimum Gasteiger partial charge on any atom is -0.427 e. The molecule has 6 rings (SSSR count). The van der Waals surface area contributed by atoms with E-state index in [2.05, 4.69) is 132 Å². The van der Waals surface area contributed by atoms with E-state index in [1.54, 1.807) is 13.8 Å². The highest BCUT2D eigenvalue weighted by molar-refractivity contribution is 6.47. The summed E-state index contributed by atoms with van der Waals surface area (Å²) in [6.07, 6.45) is 0. The largest absolute Gasteiger partial charge is 0.427 e. The summed E-state index contributed by atoms with van der Waals surface area (Å²) in [6, 6.07) is 47.3. The van der Waals surface area contributed by atoms with Crippen molar-refractivity contribution in [3.05, 3.63) is 133 Å². The summed E-state index contributed by atoms with van der Waals surface area (Å²) in [5, 5.41) is 15.5. The van der Waals surface area contributed by atoms with Gasteiger partial charge in [0.15, 0.2) is 0 Å². The molecular weight excluding hydrogens is 513 g/mol. The molecule has 0 aliphatic rings. The van der Waals surface area contributed by atoms with Gasteiger partial charge in [-0.15, -0.1) is 0 Å². The number of fused-ring (bicyclic) bond motifs is 3. The number of rotatable bonds is 8. The molecule has 1 N–H and O–H groups in total. The van der Waals surface area contributed by atoms with Crippen molar-refractivity contribution in [2.75, 3.05) is 4.90 Å². The maximum Gasteiger partial charge on any atom is 0.309 e. The zero-order chi connectivity index (χ0) is 29.3. The summed E-state index contributed by atoms with van der Waals surface area (Å²) in [4.78, 5) is 2.27. The summed E-state index contributed by atoms with van der Waals surface area (Å²) < 4.78 is 6.10. The topological polar surface area (TPSA) is 32.7 Å². The molecule has 0 heterocycles. The molecule has 6 aromatic carbocycles. The van der Waals surface area contributed by atoms with Crippen molar-refractivity contribution in [1.29, 1.82) is 0 Å². The Morgan fingerprint density at radius 2 is 1.10 bits per heavy atom. The standard InChI is InChI=1S/C38H36BNO2/c1-37(2,41)38(3,4)42-39-29-20-24-32(25-21-29)40(30-13-6-5-7-14-30)31-22-18-27(19-23-31)36-26-28-12-8-9-15-33(28)34-16-10-11-17-35(34)36/h5-26,39,41H,1-4H3. The molecule has 0 aromatic heterocycles. The second-order valence-electron chi connectivity index (χ2n) is 11.9. The smallest absolute Gasteiger partial charge is 0.309 e. The van der Waals surface area contributed by atoms with Crippen molar-refractivity contribution < 1.29 is 9.76 Å². The predicted octanol–water partition coefficient (Wildman–Crippen LogP) is 8.67. The zero-order valence-corrected chi connectivity index (χ0v) is 24.7. The fraction of sp³-hybridized carbons (Fsp3) is 0.158. The Labute approximate surface area is 249 Å². The normalized spacial score (nSPS) is 12.0. The summed E-state index contributed by atoms with van der Waals surface area (Å²) in [5.74, 6) is 0. The van der Waals surface area contributed by atoms with Gasteiger partial charge >= 0.3 is 7.48 Å².